The van der Waals surface area contributed by atoms with Crippen LogP contribution in [0.5, 0.6) is 5.75 Å². The first-order valence-electron chi connectivity index (χ1n) is 8.18. The SMILES string of the molecule is CCCCn1c(C)c(C)sc1=N/C(=N/OC)c1cc(Cl)ccc1OC. The van der Waals surface area contributed by atoms with Crippen molar-refractivity contribution in [1.29, 1.82) is 0 Å². The van der Waals surface area contributed by atoms with Crippen LogP contribution in [0.1, 0.15) is 35.9 Å². The number of methoxy groups -OCH3 is 1. The van der Waals surface area contributed by atoms with Crippen LogP contribution in [-0.4, -0.2) is 24.6 Å². The lowest BCUT2D eigenvalue weighted by Gasteiger charge is -2.09. The van der Waals surface area contributed by atoms with Gasteiger partial charge in [-0.15, -0.1) is 11.3 Å². The second-order valence-electron chi connectivity index (χ2n) is 5.59. The first-order valence-corrected chi connectivity index (χ1v) is 9.37. The van der Waals surface area contributed by atoms with Crippen molar-refractivity contribution in [3.05, 3.63) is 44.2 Å². The number of hydrogen-bond donors (Lipinski definition) is 0. The predicted molar refractivity (Wildman–Crippen MR) is 104 cm³/mol. The van der Waals surface area contributed by atoms with Crippen molar-refractivity contribution >= 4 is 28.8 Å². The second-order valence-corrected chi connectivity index (χ2v) is 7.20. The third kappa shape index (κ3) is 4.64. The van der Waals surface area contributed by atoms with Crippen LogP contribution in [0.25, 0.3) is 0 Å². The van der Waals surface area contributed by atoms with Crippen LogP contribution in [0.4, 0.5) is 0 Å². The Morgan fingerprint density at radius 3 is 2.68 bits per heavy atom. The van der Waals surface area contributed by atoms with Crippen molar-refractivity contribution in [1.82, 2.24) is 4.57 Å². The van der Waals surface area contributed by atoms with E-state index in [4.69, 9.17) is 26.2 Å². The summed E-state index contributed by atoms with van der Waals surface area (Å²) < 4.78 is 7.66. The molecular weight excluding hydrogens is 358 g/mol. The van der Waals surface area contributed by atoms with E-state index in [1.54, 1.807) is 36.6 Å². The van der Waals surface area contributed by atoms with Gasteiger partial charge in [0.25, 0.3) is 0 Å². The van der Waals surface area contributed by atoms with Crippen LogP contribution < -0.4 is 9.54 Å². The molecule has 0 aliphatic heterocycles. The Kier molecular flexibility index (Phi) is 7.08. The summed E-state index contributed by atoms with van der Waals surface area (Å²) in [5.74, 6) is 1.09. The van der Waals surface area contributed by atoms with Gasteiger partial charge in [-0.05, 0) is 38.5 Å². The second kappa shape index (κ2) is 9.06. The minimum Gasteiger partial charge on any atom is -0.496 e. The Morgan fingerprint density at radius 1 is 1.28 bits per heavy atom. The molecule has 0 aliphatic rings. The Balaban J connectivity index is 2.61. The number of oxime groups is 1. The molecule has 0 fully saturated rings. The third-order valence-corrected chi connectivity index (χ3v) is 5.24. The molecule has 25 heavy (non-hydrogen) atoms. The van der Waals surface area contributed by atoms with E-state index in [1.165, 1.54) is 17.7 Å². The third-order valence-electron chi connectivity index (χ3n) is 3.91. The average molecular weight is 382 g/mol. The lowest BCUT2D eigenvalue weighted by molar-refractivity contribution is 0.213. The number of aromatic nitrogens is 1. The summed E-state index contributed by atoms with van der Waals surface area (Å²) in [5.41, 5.74) is 1.93. The highest BCUT2D eigenvalue weighted by molar-refractivity contribution is 7.09. The Morgan fingerprint density at radius 2 is 2.04 bits per heavy atom. The summed E-state index contributed by atoms with van der Waals surface area (Å²) in [5, 5.41) is 4.69. The van der Waals surface area contributed by atoms with Gasteiger partial charge in [0.2, 0.25) is 5.84 Å². The van der Waals surface area contributed by atoms with E-state index in [9.17, 15) is 0 Å². The van der Waals surface area contributed by atoms with Crippen molar-refractivity contribution in [2.75, 3.05) is 14.2 Å². The van der Waals surface area contributed by atoms with Gasteiger partial charge < -0.3 is 14.1 Å². The fourth-order valence-electron chi connectivity index (χ4n) is 2.42. The fraction of sp³-hybridized carbons (Fsp3) is 0.444. The van der Waals surface area contributed by atoms with E-state index < -0.39 is 0 Å². The largest absolute Gasteiger partial charge is 0.496 e. The first-order chi connectivity index (χ1) is 12.0. The molecule has 7 heteroatoms. The fourth-order valence-corrected chi connectivity index (χ4v) is 3.60. The summed E-state index contributed by atoms with van der Waals surface area (Å²) in [6.45, 7) is 7.33. The normalized spacial score (nSPS) is 12.6. The summed E-state index contributed by atoms with van der Waals surface area (Å²) in [6.07, 6.45) is 2.23. The molecule has 0 saturated carbocycles. The Bertz CT molecular complexity index is 824. The molecule has 136 valence electrons. The highest BCUT2D eigenvalue weighted by Crippen LogP contribution is 2.24. The minimum absolute atomic E-state index is 0.438. The van der Waals surface area contributed by atoms with Gasteiger partial charge >= 0.3 is 0 Å². The zero-order chi connectivity index (χ0) is 18.4. The van der Waals surface area contributed by atoms with Crippen molar-refractivity contribution < 1.29 is 9.57 Å². The highest BCUT2D eigenvalue weighted by atomic mass is 35.5. The summed E-state index contributed by atoms with van der Waals surface area (Å²) in [6, 6.07) is 5.36. The van der Waals surface area contributed by atoms with Gasteiger partial charge in [0, 0.05) is 22.1 Å². The molecule has 0 unspecified atom stereocenters. The van der Waals surface area contributed by atoms with Crippen molar-refractivity contribution in [2.24, 2.45) is 10.1 Å². The number of thiazole rings is 1. The van der Waals surface area contributed by atoms with Crippen molar-refractivity contribution in [3.8, 4) is 5.75 Å². The number of nitrogens with zero attached hydrogens (tertiary/aromatic N) is 3. The molecule has 0 N–H and O–H groups in total. The van der Waals surface area contributed by atoms with Gasteiger partial charge in [-0.1, -0.05) is 30.1 Å². The number of benzene rings is 1. The number of hydrogen-bond acceptors (Lipinski definition) is 4. The maximum atomic E-state index is 6.15. The van der Waals surface area contributed by atoms with E-state index in [-0.39, 0.29) is 0 Å². The number of amidine groups is 1. The summed E-state index contributed by atoms with van der Waals surface area (Å²) >= 11 is 7.80. The van der Waals surface area contributed by atoms with Gasteiger partial charge in [-0.3, -0.25) is 0 Å². The van der Waals surface area contributed by atoms with Crippen LogP contribution in [0.15, 0.2) is 28.3 Å². The zero-order valence-corrected chi connectivity index (χ0v) is 16.9. The molecule has 0 aliphatic carbocycles. The number of ether oxygens (including phenoxy) is 1. The summed E-state index contributed by atoms with van der Waals surface area (Å²) in [4.78, 5) is 11.9. The maximum Gasteiger partial charge on any atom is 0.205 e. The molecule has 1 heterocycles. The van der Waals surface area contributed by atoms with Gasteiger partial charge in [0.05, 0.1) is 12.7 Å². The average Bonchev–Trinajstić information content (AvgIpc) is 2.86. The molecule has 0 amide bonds. The smallest absolute Gasteiger partial charge is 0.205 e. The lowest BCUT2D eigenvalue weighted by atomic mass is 10.2. The van der Waals surface area contributed by atoms with Crippen molar-refractivity contribution in [2.45, 2.75) is 40.2 Å². The molecule has 0 atom stereocenters. The first kappa shape index (κ1) is 19.5. The topological polar surface area (TPSA) is 48.1 Å². The van der Waals surface area contributed by atoms with Gasteiger partial charge in [-0.25, -0.2) is 0 Å². The number of rotatable bonds is 6. The standard InChI is InChI=1S/C18H24ClN3O2S/c1-6-7-10-22-12(2)13(3)25-18(22)20-17(21-24-5)15-11-14(19)8-9-16(15)23-4/h8-9,11H,6-7,10H2,1-5H3/b20-18?,21-17+. The van der Waals surface area contributed by atoms with Gasteiger partial charge in [0.1, 0.15) is 12.9 Å². The van der Waals surface area contributed by atoms with E-state index in [1.807, 2.05) is 0 Å². The van der Waals surface area contributed by atoms with Crippen LogP contribution in [0.3, 0.4) is 0 Å². The quantitative estimate of drug-likeness (QED) is 0.419. The molecule has 0 saturated heterocycles. The molecule has 0 bridgehead atoms. The molecule has 2 aromatic rings. The zero-order valence-electron chi connectivity index (χ0n) is 15.3. The predicted octanol–water partition coefficient (Wildman–Crippen LogP) is 4.54. The molecule has 0 spiro atoms. The van der Waals surface area contributed by atoms with Crippen LogP contribution in [0.2, 0.25) is 5.02 Å². The Labute approximate surface area is 157 Å². The molecule has 1 aromatic heterocycles. The van der Waals surface area contributed by atoms with Gasteiger partial charge in [-0.2, -0.15) is 4.99 Å². The highest BCUT2D eigenvalue weighted by Gasteiger charge is 2.13. The molecule has 1 aromatic carbocycles. The van der Waals surface area contributed by atoms with E-state index in [2.05, 4.69) is 30.5 Å². The maximum absolute atomic E-state index is 6.15. The lowest BCUT2D eigenvalue weighted by Crippen LogP contribution is -2.19. The number of unbranched alkanes of at least 4 members (excludes halogenated alkanes) is 1. The van der Waals surface area contributed by atoms with Crippen molar-refractivity contribution in [3.63, 3.8) is 0 Å². The Hall–Kier alpha value is -1.79. The number of aryl methyl sites for hydroxylation is 1. The molecular formula is C18H24ClN3O2S. The number of halogens is 1. The molecule has 5 nitrogen and oxygen atoms in total. The molecule has 2 rings (SSSR count). The van der Waals surface area contributed by atoms with E-state index >= 15 is 0 Å². The van der Waals surface area contributed by atoms with Crippen LogP contribution in [-0.2, 0) is 11.4 Å². The molecule has 0 radical (unpaired) electrons. The summed E-state index contributed by atoms with van der Waals surface area (Å²) in [7, 11) is 3.11. The van der Waals surface area contributed by atoms with Gasteiger partial charge in [0.15, 0.2) is 4.80 Å². The van der Waals surface area contributed by atoms with E-state index in [0.29, 0.717) is 22.2 Å². The minimum atomic E-state index is 0.438. The monoisotopic (exact) mass is 381 g/mol. The van der Waals surface area contributed by atoms with Crippen LogP contribution >= 0.6 is 22.9 Å². The van der Waals surface area contributed by atoms with Crippen LogP contribution in [0, 0.1) is 13.8 Å². The van der Waals surface area contributed by atoms with E-state index in [0.717, 1.165) is 24.2 Å².